The number of allylic oxidation sites excluding steroid dienone is 1. The van der Waals surface area contributed by atoms with Crippen LogP contribution in [0.2, 0.25) is 0 Å². The lowest BCUT2D eigenvalue weighted by molar-refractivity contribution is -0.136. The second kappa shape index (κ2) is 10.1. The van der Waals surface area contributed by atoms with Crippen LogP contribution < -0.4 is 24.4 Å². The van der Waals surface area contributed by atoms with E-state index in [-0.39, 0.29) is 5.56 Å². The van der Waals surface area contributed by atoms with Gasteiger partial charge in [-0.25, -0.2) is 9.79 Å². The highest BCUT2D eigenvalue weighted by Gasteiger charge is 2.32. The molecule has 0 amide bonds. The Hall–Kier alpha value is -3.98. The van der Waals surface area contributed by atoms with Crippen molar-refractivity contribution in [2.45, 2.75) is 26.8 Å². The molecule has 8 nitrogen and oxygen atoms in total. The first-order valence-corrected chi connectivity index (χ1v) is 11.8. The molecular weight excluding hydrogens is 468 g/mol. The van der Waals surface area contributed by atoms with Gasteiger partial charge in [-0.05, 0) is 43.2 Å². The molecule has 9 heteroatoms. The van der Waals surface area contributed by atoms with E-state index in [1.807, 2.05) is 37.3 Å². The van der Waals surface area contributed by atoms with Crippen molar-refractivity contribution in [2.24, 2.45) is 4.99 Å². The summed E-state index contributed by atoms with van der Waals surface area (Å²) in [4.78, 5) is 42.7. The molecule has 1 aliphatic heterocycles. The van der Waals surface area contributed by atoms with Gasteiger partial charge in [-0.2, -0.15) is 0 Å². The average Bonchev–Trinajstić information content (AvgIpc) is 3.14. The number of nitrogens with zero attached hydrogens (tertiary/aromatic N) is 2. The lowest BCUT2D eigenvalue weighted by Crippen LogP contribution is -2.39. The van der Waals surface area contributed by atoms with Crippen LogP contribution in [0.4, 0.5) is 0 Å². The van der Waals surface area contributed by atoms with E-state index in [0.29, 0.717) is 44.3 Å². The monoisotopic (exact) mass is 492 g/mol. The van der Waals surface area contributed by atoms with Gasteiger partial charge in [-0.3, -0.25) is 14.2 Å². The maximum absolute atomic E-state index is 13.6. The van der Waals surface area contributed by atoms with Crippen LogP contribution in [0.25, 0.3) is 6.08 Å². The number of rotatable bonds is 6. The number of ether oxygens (including phenoxy) is 3. The van der Waals surface area contributed by atoms with E-state index < -0.39 is 18.0 Å². The van der Waals surface area contributed by atoms with Crippen molar-refractivity contribution >= 4 is 29.4 Å². The molecule has 0 bridgehead atoms. The normalized spacial score (nSPS) is 15.3. The molecule has 0 fully saturated rings. The van der Waals surface area contributed by atoms with E-state index >= 15 is 0 Å². The highest BCUT2D eigenvalue weighted by Crippen LogP contribution is 2.31. The number of thiazole rings is 1. The summed E-state index contributed by atoms with van der Waals surface area (Å²) in [6.45, 7) is 5.26. The molecule has 2 aromatic carbocycles. The minimum Gasteiger partial charge on any atom is -0.490 e. The number of carbonyl (C=O) groups excluding carboxylic acids is 2. The van der Waals surface area contributed by atoms with Gasteiger partial charge in [-0.1, -0.05) is 47.7 Å². The molecule has 0 spiro atoms. The van der Waals surface area contributed by atoms with Gasteiger partial charge in [-0.15, -0.1) is 0 Å². The summed E-state index contributed by atoms with van der Waals surface area (Å²) in [5.41, 5.74) is 2.01. The largest absolute Gasteiger partial charge is 0.490 e. The first kappa shape index (κ1) is 24.2. The minimum atomic E-state index is -0.660. The van der Waals surface area contributed by atoms with Crippen molar-refractivity contribution < 1.29 is 23.8 Å². The summed E-state index contributed by atoms with van der Waals surface area (Å²) in [5, 5.41) is 0. The Bertz CT molecular complexity index is 1500. The highest BCUT2D eigenvalue weighted by molar-refractivity contribution is 7.07. The quantitative estimate of drug-likeness (QED) is 0.388. The molecule has 2 heterocycles. The second-order valence-corrected chi connectivity index (χ2v) is 8.73. The van der Waals surface area contributed by atoms with E-state index in [9.17, 15) is 14.4 Å². The van der Waals surface area contributed by atoms with Gasteiger partial charge in [0.05, 0.1) is 35.6 Å². The van der Waals surface area contributed by atoms with Gasteiger partial charge in [0, 0.05) is 6.92 Å². The lowest BCUT2D eigenvalue weighted by atomic mass is 9.96. The number of methoxy groups -OCH3 is 1. The molecule has 0 saturated heterocycles. The van der Waals surface area contributed by atoms with E-state index in [4.69, 9.17) is 14.2 Å². The molecule has 0 radical (unpaired) electrons. The molecule has 1 aliphatic rings. The highest BCUT2D eigenvalue weighted by atomic mass is 32.1. The average molecular weight is 493 g/mol. The van der Waals surface area contributed by atoms with E-state index in [1.54, 1.807) is 31.2 Å². The molecule has 1 aromatic heterocycles. The third kappa shape index (κ3) is 4.81. The van der Waals surface area contributed by atoms with Crippen molar-refractivity contribution in [3.8, 4) is 11.5 Å². The number of carbonyl (C=O) groups is 2. The predicted octanol–water partition coefficient (Wildman–Crippen LogP) is 2.73. The molecular formula is C26H24N2O6S. The summed E-state index contributed by atoms with van der Waals surface area (Å²) in [6.07, 6.45) is 1.73. The number of hydrogen-bond acceptors (Lipinski definition) is 8. The van der Waals surface area contributed by atoms with E-state index in [0.717, 1.165) is 5.56 Å². The smallest absolute Gasteiger partial charge is 0.338 e. The number of benzene rings is 2. The SMILES string of the molecule is CCOc1cc(/C=c2/sc3n(c2=O)C(c2ccccc2)C(C(=O)OC)=C(C)N=3)ccc1OC(C)=O. The van der Waals surface area contributed by atoms with Crippen LogP contribution >= 0.6 is 11.3 Å². The zero-order valence-electron chi connectivity index (χ0n) is 19.7. The summed E-state index contributed by atoms with van der Waals surface area (Å²) < 4.78 is 17.8. The van der Waals surface area contributed by atoms with Gasteiger partial charge in [0.2, 0.25) is 0 Å². The first-order chi connectivity index (χ1) is 16.8. The van der Waals surface area contributed by atoms with Gasteiger partial charge >= 0.3 is 11.9 Å². The number of esters is 2. The fraction of sp³-hybridized carbons (Fsp3) is 0.231. The third-order valence-corrected chi connectivity index (χ3v) is 6.34. The zero-order chi connectivity index (χ0) is 25.1. The number of hydrogen-bond donors (Lipinski definition) is 0. The Morgan fingerprint density at radius 3 is 2.54 bits per heavy atom. The number of aromatic nitrogens is 1. The van der Waals surface area contributed by atoms with Crippen LogP contribution in [-0.2, 0) is 14.3 Å². The minimum absolute atomic E-state index is 0.279. The fourth-order valence-corrected chi connectivity index (χ4v) is 4.96. The summed E-state index contributed by atoms with van der Waals surface area (Å²) in [5.74, 6) is -0.280. The second-order valence-electron chi connectivity index (χ2n) is 7.72. The molecule has 180 valence electrons. The lowest BCUT2D eigenvalue weighted by Gasteiger charge is -2.24. The van der Waals surface area contributed by atoms with Gasteiger partial charge in [0.15, 0.2) is 16.3 Å². The zero-order valence-corrected chi connectivity index (χ0v) is 20.5. The molecule has 1 unspecified atom stereocenters. The Labute approximate surface area is 205 Å². The van der Waals surface area contributed by atoms with Crippen LogP contribution in [-0.4, -0.2) is 30.2 Å². The predicted molar refractivity (Wildman–Crippen MR) is 131 cm³/mol. The Kier molecular flexibility index (Phi) is 6.97. The van der Waals surface area contributed by atoms with Crippen molar-refractivity contribution in [3.05, 3.63) is 90.6 Å². The van der Waals surface area contributed by atoms with Crippen molar-refractivity contribution in [3.63, 3.8) is 0 Å². The molecule has 0 saturated carbocycles. The third-order valence-electron chi connectivity index (χ3n) is 5.36. The van der Waals surface area contributed by atoms with Crippen LogP contribution in [0.5, 0.6) is 11.5 Å². The maximum atomic E-state index is 13.6. The van der Waals surface area contributed by atoms with Gasteiger partial charge in [0.1, 0.15) is 0 Å². The summed E-state index contributed by atoms with van der Waals surface area (Å²) >= 11 is 1.23. The molecule has 0 aliphatic carbocycles. The van der Waals surface area contributed by atoms with Crippen molar-refractivity contribution in [1.82, 2.24) is 4.57 Å². The first-order valence-electron chi connectivity index (χ1n) is 10.9. The van der Waals surface area contributed by atoms with Crippen LogP contribution in [0.15, 0.2) is 69.6 Å². The topological polar surface area (TPSA) is 96.2 Å². The molecule has 35 heavy (non-hydrogen) atoms. The van der Waals surface area contributed by atoms with Crippen molar-refractivity contribution in [1.29, 1.82) is 0 Å². The van der Waals surface area contributed by atoms with E-state index in [2.05, 4.69) is 4.99 Å². The number of fused-ring (bicyclic) bond motifs is 1. The maximum Gasteiger partial charge on any atom is 0.338 e. The molecule has 1 atom stereocenters. The van der Waals surface area contributed by atoms with Crippen LogP contribution in [0, 0.1) is 0 Å². The van der Waals surface area contributed by atoms with Crippen molar-refractivity contribution in [2.75, 3.05) is 13.7 Å². The Morgan fingerprint density at radius 2 is 1.89 bits per heavy atom. The summed E-state index contributed by atoms with van der Waals surface area (Å²) in [7, 11) is 1.31. The van der Waals surface area contributed by atoms with Crippen LogP contribution in [0.3, 0.4) is 0 Å². The van der Waals surface area contributed by atoms with Gasteiger partial charge < -0.3 is 14.2 Å². The molecule has 3 aromatic rings. The van der Waals surface area contributed by atoms with Gasteiger partial charge in [0.25, 0.3) is 5.56 Å². The summed E-state index contributed by atoms with van der Waals surface area (Å²) in [6, 6.07) is 13.7. The molecule has 4 rings (SSSR count). The fourth-order valence-electron chi connectivity index (χ4n) is 3.92. The Balaban J connectivity index is 1.88. The molecule has 0 N–H and O–H groups in total. The Morgan fingerprint density at radius 1 is 1.14 bits per heavy atom. The van der Waals surface area contributed by atoms with Crippen LogP contribution in [0.1, 0.15) is 37.9 Å². The standard InChI is InChI=1S/C26H24N2O6S/c1-5-33-20-13-17(11-12-19(20)34-16(3)29)14-21-24(30)28-23(18-9-7-6-8-10-18)22(25(31)32-4)15(2)27-26(28)35-21/h6-14,23H,5H2,1-4H3/b21-14+. The van der Waals surface area contributed by atoms with E-state index in [1.165, 1.54) is 29.9 Å².